The summed E-state index contributed by atoms with van der Waals surface area (Å²) in [6.45, 7) is 2.56. The Kier molecular flexibility index (Phi) is 4.53. The second-order valence-electron chi connectivity index (χ2n) is 5.49. The molecule has 3 nitrogen and oxygen atoms in total. The molecule has 2 aromatic carbocycles. The van der Waals surface area contributed by atoms with E-state index in [1.165, 1.54) is 6.07 Å². The first-order chi connectivity index (χ1) is 11.1. The van der Waals surface area contributed by atoms with Gasteiger partial charge in [0, 0.05) is 11.1 Å². The molecule has 118 valence electrons. The zero-order valence-electron chi connectivity index (χ0n) is 12.8. The minimum Gasteiger partial charge on any atom is -0.459 e. The van der Waals surface area contributed by atoms with Crippen molar-refractivity contribution in [2.24, 2.45) is 0 Å². The molecule has 1 aliphatic heterocycles. The van der Waals surface area contributed by atoms with Crippen molar-refractivity contribution in [3.05, 3.63) is 65.5 Å². The van der Waals surface area contributed by atoms with Crippen molar-refractivity contribution in [3.8, 4) is 11.1 Å². The Hall–Kier alpha value is -2.46. The fourth-order valence-electron chi connectivity index (χ4n) is 2.23. The summed E-state index contributed by atoms with van der Waals surface area (Å²) in [6.07, 6.45) is 1.66. The average molecular weight is 312 g/mol. The monoisotopic (exact) mass is 312 g/mol. The topological polar surface area (TPSA) is 38.8 Å². The molecule has 0 radical (unpaired) electrons. The number of epoxide rings is 1. The molecule has 2 aromatic rings. The summed E-state index contributed by atoms with van der Waals surface area (Å²) >= 11 is 0. The van der Waals surface area contributed by atoms with Gasteiger partial charge in [0.1, 0.15) is 18.5 Å². The lowest BCUT2D eigenvalue weighted by atomic mass is 10.0. The standard InChI is InChI=1S/C19H17FO3/c1-13(19(21)23-12-16-11-22-16)9-14-7-8-17(18(20)10-14)15-5-3-2-4-6-15/h2-10,16H,11-12H2,1H3. The van der Waals surface area contributed by atoms with E-state index in [0.29, 0.717) is 23.3 Å². The zero-order chi connectivity index (χ0) is 16.2. The molecule has 1 fully saturated rings. The van der Waals surface area contributed by atoms with Crippen LogP contribution in [-0.2, 0) is 14.3 Å². The van der Waals surface area contributed by atoms with Crippen LogP contribution in [0.25, 0.3) is 17.2 Å². The van der Waals surface area contributed by atoms with Gasteiger partial charge in [-0.1, -0.05) is 42.5 Å². The Morgan fingerprint density at radius 1 is 1.30 bits per heavy atom. The highest BCUT2D eigenvalue weighted by molar-refractivity contribution is 5.93. The van der Waals surface area contributed by atoms with Gasteiger partial charge in [-0.2, -0.15) is 0 Å². The molecule has 0 spiro atoms. The van der Waals surface area contributed by atoms with E-state index in [0.717, 1.165) is 5.56 Å². The lowest BCUT2D eigenvalue weighted by Crippen LogP contribution is -2.10. The van der Waals surface area contributed by atoms with E-state index in [2.05, 4.69) is 0 Å². The third-order valence-corrected chi connectivity index (χ3v) is 3.59. The van der Waals surface area contributed by atoms with E-state index in [4.69, 9.17) is 9.47 Å². The highest BCUT2D eigenvalue weighted by Gasteiger charge is 2.24. The van der Waals surface area contributed by atoms with Gasteiger partial charge in [-0.05, 0) is 30.2 Å². The molecule has 0 aromatic heterocycles. The third kappa shape index (κ3) is 4.05. The van der Waals surface area contributed by atoms with Gasteiger partial charge in [-0.15, -0.1) is 0 Å². The van der Waals surface area contributed by atoms with Crippen LogP contribution in [0.4, 0.5) is 4.39 Å². The van der Waals surface area contributed by atoms with Gasteiger partial charge < -0.3 is 9.47 Å². The molecule has 1 saturated heterocycles. The molecule has 1 atom stereocenters. The normalized spacial score (nSPS) is 17.0. The molecule has 1 aliphatic rings. The van der Waals surface area contributed by atoms with Crippen LogP contribution in [0.15, 0.2) is 54.1 Å². The van der Waals surface area contributed by atoms with Crippen molar-refractivity contribution in [2.45, 2.75) is 13.0 Å². The first-order valence-electron chi connectivity index (χ1n) is 7.45. The Morgan fingerprint density at radius 2 is 2.04 bits per heavy atom. The lowest BCUT2D eigenvalue weighted by molar-refractivity contribution is -0.139. The van der Waals surface area contributed by atoms with Crippen molar-refractivity contribution in [2.75, 3.05) is 13.2 Å². The molecule has 0 amide bonds. The molecule has 3 rings (SSSR count). The van der Waals surface area contributed by atoms with E-state index in [1.54, 1.807) is 25.1 Å². The predicted octanol–water partition coefficient (Wildman–Crippen LogP) is 3.84. The van der Waals surface area contributed by atoms with Gasteiger partial charge >= 0.3 is 5.97 Å². The first kappa shape index (κ1) is 15.4. The quantitative estimate of drug-likeness (QED) is 0.478. The first-order valence-corrected chi connectivity index (χ1v) is 7.45. The van der Waals surface area contributed by atoms with Gasteiger partial charge in [0.05, 0.1) is 6.61 Å². The van der Waals surface area contributed by atoms with Crippen LogP contribution < -0.4 is 0 Å². The fourth-order valence-corrected chi connectivity index (χ4v) is 2.23. The summed E-state index contributed by atoms with van der Waals surface area (Å²) in [5.74, 6) is -0.731. The summed E-state index contributed by atoms with van der Waals surface area (Å²) in [6, 6.07) is 14.3. The molecular weight excluding hydrogens is 295 g/mol. The third-order valence-electron chi connectivity index (χ3n) is 3.59. The number of hydrogen-bond acceptors (Lipinski definition) is 3. The molecule has 4 heteroatoms. The van der Waals surface area contributed by atoms with Crippen LogP contribution in [0, 0.1) is 5.82 Å². The van der Waals surface area contributed by atoms with Crippen molar-refractivity contribution in [1.82, 2.24) is 0 Å². The minimum atomic E-state index is -0.409. The maximum atomic E-state index is 14.3. The van der Waals surface area contributed by atoms with Crippen molar-refractivity contribution in [3.63, 3.8) is 0 Å². The molecule has 23 heavy (non-hydrogen) atoms. The smallest absolute Gasteiger partial charge is 0.333 e. The maximum Gasteiger partial charge on any atom is 0.333 e. The number of hydrogen-bond donors (Lipinski definition) is 0. The Labute approximate surface area is 134 Å². The second-order valence-corrected chi connectivity index (χ2v) is 5.49. The average Bonchev–Trinajstić information content (AvgIpc) is 3.38. The van der Waals surface area contributed by atoms with Crippen LogP contribution >= 0.6 is 0 Å². The Morgan fingerprint density at radius 3 is 2.70 bits per heavy atom. The summed E-state index contributed by atoms with van der Waals surface area (Å²) in [5, 5.41) is 0. The maximum absolute atomic E-state index is 14.3. The summed E-state index contributed by atoms with van der Waals surface area (Å²) in [7, 11) is 0. The van der Waals surface area contributed by atoms with Gasteiger partial charge in [0.15, 0.2) is 0 Å². The van der Waals surface area contributed by atoms with Crippen molar-refractivity contribution < 1.29 is 18.7 Å². The number of esters is 1. The van der Waals surface area contributed by atoms with Gasteiger partial charge in [-0.3, -0.25) is 0 Å². The molecule has 0 aliphatic carbocycles. The Balaban J connectivity index is 1.74. The van der Waals surface area contributed by atoms with Gasteiger partial charge in [-0.25, -0.2) is 9.18 Å². The zero-order valence-corrected chi connectivity index (χ0v) is 12.8. The number of carbonyl (C=O) groups excluding carboxylic acids is 1. The second kappa shape index (κ2) is 6.75. The summed E-state index contributed by atoms with van der Waals surface area (Å²) < 4.78 is 24.4. The Bertz CT molecular complexity index is 734. The van der Waals surface area contributed by atoms with Gasteiger partial charge in [0.25, 0.3) is 0 Å². The number of ether oxygens (including phenoxy) is 2. The summed E-state index contributed by atoms with van der Waals surface area (Å²) in [5.41, 5.74) is 2.41. The van der Waals surface area contributed by atoms with Crippen LogP contribution in [0.2, 0.25) is 0 Å². The van der Waals surface area contributed by atoms with E-state index in [-0.39, 0.29) is 18.5 Å². The molecule has 1 unspecified atom stereocenters. The number of carbonyl (C=O) groups is 1. The largest absolute Gasteiger partial charge is 0.459 e. The number of halogens is 1. The van der Waals surface area contributed by atoms with Crippen molar-refractivity contribution >= 4 is 12.0 Å². The molecule has 0 bridgehead atoms. The fraction of sp³-hybridized carbons (Fsp3) is 0.211. The van der Waals surface area contributed by atoms with E-state index >= 15 is 0 Å². The minimum absolute atomic E-state index is 0.0364. The number of benzene rings is 2. The highest BCUT2D eigenvalue weighted by atomic mass is 19.1. The van der Waals surface area contributed by atoms with Crippen LogP contribution in [0.3, 0.4) is 0 Å². The molecule has 0 N–H and O–H groups in total. The molecular formula is C19H17FO3. The van der Waals surface area contributed by atoms with Gasteiger partial charge in [0.2, 0.25) is 0 Å². The SMILES string of the molecule is CC(=Cc1ccc(-c2ccccc2)c(F)c1)C(=O)OCC1CO1. The number of rotatable bonds is 5. The van der Waals surface area contributed by atoms with Crippen molar-refractivity contribution in [1.29, 1.82) is 0 Å². The molecule has 1 heterocycles. The van der Waals surface area contributed by atoms with Crippen LogP contribution in [-0.4, -0.2) is 25.3 Å². The van der Waals surface area contributed by atoms with E-state index in [1.807, 2.05) is 30.3 Å². The highest BCUT2D eigenvalue weighted by Crippen LogP contribution is 2.24. The van der Waals surface area contributed by atoms with Crippen LogP contribution in [0.5, 0.6) is 0 Å². The summed E-state index contributed by atoms with van der Waals surface area (Å²) in [4.78, 5) is 11.8. The lowest BCUT2D eigenvalue weighted by Gasteiger charge is -2.06. The molecule has 0 saturated carbocycles. The van der Waals surface area contributed by atoms with E-state index < -0.39 is 5.97 Å². The van der Waals surface area contributed by atoms with Crippen LogP contribution in [0.1, 0.15) is 12.5 Å². The predicted molar refractivity (Wildman–Crippen MR) is 86.2 cm³/mol. The van der Waals surface area contributed by atoms with E-state index in [9.17, 15) is 9.18 Å².